The third-order valence-electron chi connectivity index (χ3n) is 3.01. The van der Waals surface area contributed by atoms with Gasteiger partial charge in [0.15, 0.2) is 0 Å². The Morgan fingerprint density at radius 1 is 1.30 bits per heavy atom. The van der Waals surface area contributed by atoms with Crippen molar-refractivity contribution in [3.63, 3.8) is 0 Å². The van der Waals surface area contributed by atoms with Crippen molar-refractivity contribution in [3.05, 3.63) is 54.0 Å². The van der Waals surface area contributed by atoms with Gasteiger partial charge < -0.3 is 10.2 Å². The first-order valence-electron chi connectivity index (χ1n) is 6.11. The topological polar surface area (TPSA) is 75.9 Å². The van der Waals surface area contributed by atoms with Crippen molar-refractivity contribution in [2.45, 2.75) is 16.8 Å². The van der Waals surface area contributed by atoms with Crippen LogP contribution in [0.4, 0.5) is 0 Å². The van der Waals surface area contributed by atoms with E-state index in [4.69, 9.17) is 15.6 Å². The second-order valence-corrected chi connectivity index (χ2v) is 5.44. The molecule has 0 unspecified atom stereocenters. The first-order valence-corrected chi connectivity index (χ1v) is 6.93. The van der Waals surface area contributed by atoms with Crippen LogP contribution in [0.2, 0.25) is 0 Å². The van der Waals surface area contributed by atoms with Crippen LogP contribution in [0.3, 0.4) is 0 Å². The maximum Gasteiger partial charge on any atom is 0.123 e. The van der Waals surface area contributed by atoms with E-state index in [0.717, 1.165) is 26.6 Å². The van der Waals surface area contributed by atoms with E-state index in [9.17, 15) is 0 Å². The lowest BCUT2D eigenvalue weighted by Gasteiger charge is -2.07. The molecule has 0 aliphatic rings. The molecule has 5 heteroatoms. The molecular weight excluding hydrogens is 270 g/mol. The van der Waals surface area contributed by atoms with Gasteiger partial charge in [-0.05, 0) is 25.1 Å². The number of hydrogen-bond donors (Lipinski definition) is 2. The van der Waals surface area contributed by atoms with Gasteiger partial charge in [-0.15, -0.1) is 0 Å². The summed E-state index contributed by atoms with van der Waals surface area (Å²) in [5.41, 5.74) is 7.22. The molecule has 0 amide bonds. The van der Waals surface area contributed by atoms with Crippen molar-refractivity contribution in [2.75, 3.05) is 0 Å². The van der Waals surface area contributed by atoms with Crippen LogP contribution in [0.1, 0.15) is 11.3 Å². The fourth-order valence-corrected chi connectivity index (χ4v) is 2.88. The summed E-state index contributed by atoms with van der Waals surface area (Å²) in [6, 6.07) is 11.5. The van der Waals surface area contributed by atoms with E-state index < -0.39 is 0 Å². The SMILES string of the molecule is Cc1occc1Sc1cc(C(=N)N)c2ccccc2n1. The normalized spacial score (nSPS) is 10.8. The molecule has 3 N–H and O–H groups in total. The van der Waals surface area contributed by atoms with Crippen LogP contribution in [0.15, 0.2) is 57.0 Å². The number of fused-ring (bicyclic) bond motifs is 1. The summed E-state index contributed by atoms with van der Waals surface area (Å²) in [6.45, 7) is 1.91. The number of nitrogens with one attached hydrogen (secondary N) is 1. The monoisotopic (exact) mass is 283 g/mol. The predicted molar refractivity (Wildman–Crippen MR) is 80.3 cm³/mol. The number of amidine groups is 1. The first-order chi connectivity index (χ1) is 9.65. The summed E-state index contributed by atoms with van der Waals surface area (Å²) in [4.78, 5) is 5.62. The van der Waals surface area contributed by atoms with E-state index in [2.05, 4.69) is 4.98 Å². The molecule has 3 aromatic rings. The minimum absolute atomic E-state index is 0.0503. The van der Waals surface area contributed by atoms with E-state index in [1.165, 1.54) is 11.8 Å². The minimum atomic E-state index is 0.0503. The maximum absolute atomic E-state index is 7.73. The molecule has 4 nitrogen and oxygen atoms in total. The van der Waals surface area contributed by atoms with Gasteiger partial charge >= 0.3 is 0 Å². The Morgan fingerprint density at radius 2 is 2.10 bits per heavy atom. The Labute approximate surface area is 120 Å². The number of furan rings is 1. The molecule has 0 saturated heterocycles. The van der Waals surface area contributed by atoms with Crippen LogP contribution < -0.4 is 5.73 Å². The summed E-state index contributed by atoms with van der Waals surface area (Å²) in [5, 5.41) is 9.43. The highest BCUT2D eigenvalue weighted by Gasteiger charge is 2.10. The van der Waals surface area contributed by atoms with Gasteiger partial charge in [-0.1, -0.05) is 30.0 Å². The quantitative estimate of drug-likeness (QED) is 0.569. The Balaban J connectivity index is 2.12. The van der Waals surface area contributed by atoms with Crippen LogP contribution in [-0.2, 0) is 0 Å². The van der Waals surface area contributed by atoms with Crippen molar-refractivity contribution in [1.29, 1.82) is 5.41 Å². The largest absolute Gasteiger partial charge is 0.468 e. The third-order valence-corrected chi connectivity index (χ3v) is 4.07. The Kier molecular flexibility index (Phi) is 3.20. The summed E-state index contributed by atoms with van der Waals surface area (Å²) < 4.78 is 5.29. The molecule has 0 bridgehead atoms. The predicted octanol–water partition coefficient (Wildman–Crippen LogP) is 3.57. The number of nitrogens with two attached hydrogens (primary N) is 1. The number of pyridine rings is 1. The summed E-state index contributed by atoms with van der Waals surface area (Å²) in [6.07, 6.45) is 1.66. The van der Waals surface area contributed by atoms with E-state index in [1.807, 2.05) is 43.3 Å². The molecule has 2 heterocycles. The summed E-state index contributed by atoms with van der Waals surface area (Å²) in [7, 11) is 0. The van der Waals surface area contributed by atoms with Gasteiger partial charge in [0.2, 0.25) is 0 Å². The highest BCUT2D eigenvalue weighted by molar-refractivity contribution is 7.99. The molecule has 20 heavy (non-hydrogen) atoms. The second-order valence-electron chi connectivity index (χ2n) is 4.38. The van der Waals surface area contributed by atoms with E-state index in [0.29, 0.717) is 5.56 Å². The van der Waals surface area contributed by atoms with Gasteiger partial charge in [0.1, 0.15) is 16.6 Å². The van der Waals surface area contributed by atoms with Crippen LogP contribution in [0, 0.1) is 12.3 Å². The lowest BCUT2D eigenvalue weighted by atomic mass is 10.1. The van der Waals surface area contributed by atoms with Crippen LogP contribution in [0.5, 0.6) is 0 Å². The Bertz CT molecular complexity index is 795. The number of aromatic nitrogens is 1. The summed E-state index contributed by atoms with van der Waals surface area (Å²) in [5.74, 6) is 0.906. The van der Waals surface area contributed by atoms with Gasteiger partial charge in [0, 0.05) is 10.9 Å². The van der Waals surface area contributed by atoms with E-state index in [1.54, 1.807) is 6.26 Å². The highest BCUT2D eigenvalue weighted by atomic mass is 32.2. The Hall–Kier alpha value is -2.27. The van der Waals surface area contributed by atoms with E-state index in [-0.39, 0.29) is 5.84 Å². The van der Waals surface area contributed by atoms with Crippen molar-refractivity contribution in [2.24, 2.45) is 5.73 Å². The minimum Gasteiger partial charge on any atom is -0.468 e. The zero-order valence-corrected chi connectivity index (χ0v) is 11.7. The molecule has 1 aromatic carbocycles. The maximum atomic E-state index is 7.73. The number of nitrogen functional groups attached to an aromatic ring is 1. The molecular formula is C15H13N3OS. The second kappa shape index (κ2) is 5.02. The fraction of sp³-hybridized carbons (Fsp3) is 0.0667. The number of nitrogens with zero attached hydrogens (tertiary/aromatic N) is 1. The average molecular weight is 283 g/mol. The average Bonchev–Trinajstić information content (AvgIpc) is 2.83. The van der Waals surface area contributed by atoms with Crippen LogP contribution in [-0.4, -0.2) is 10.8 Å². The first kappa shape index (κ1) is 12.7. The molecule has 0 fully saturated rings. The van der Waals surface area contributed by atoms with Gasteiger partial charge in [-0.25, -0.2) is 4.98 Å². The molecule has 2 aromatic heterocycles. The lowest BCUT2D eigenvalue weighted by Crippen LogP contribution is -2.12. The van der Waals surface area contributed by atoms with Crippen LogP contribution >= 0.6 is 11.8 Å². The zero-order valence-electron chi connectivity index (χ0n) is 10.9. The molecule has 0 aliphatic heterocycles. The number of aryl methyl sites for hydroxylation is 1. The number of para-hydroxylation sites is 1. The van der Waals surface area contributed by atoms with Gasteiger partial charge in [0.05, 0.1) is 16.7 Å². The smallest absolute Gasteiger partial charge is 0.123 e. The molecule has 0 spiro atoms. The third kappa shape index (κ3) is 2.28. The van der Waals surface area contributed by atoms with E-state index >= 15 is 0 Å². The molecule has 0 radical (unpaired) electrons. The fourth-order valence-electron chi connectivity index (χ4n) is 2.02. The zero-order chi connectivity index (χ0) is 14.1. The van der Waals surface area contributed by atoms with Gasteiger partial charge in [-0.2, -0.15) is 0 Å². The van der Waals surface area contributed by atoms with Gasteiger partial charge in [0.25, 0.3) is 0 Å². The molecule has 0 atom stereocenters. The molecule has 0 saturated carbocycles. The van der Waals surface area contributed by atoms with Crippen molar-refractivity contribution in [1.82, 2.24) is 4.98 Å². The number of hydrogen-bond acceptors (Lipinski definition) is 4. The lowest BCUT2D eigenvalue weighted by molar-refractivity contribution is 0.527. The standard InChI is InChI=1S/C15H13N3OS/c1-9-13(6-7-19-9)20-14-8-11(15(16)17)10-4-2-3-5-12(10)18-14/h2-8H,1H3,(H3,16,17). The van der Waals surface area contributed by atoms with Crippen molar-refractivity contribution < 1.29 is 4.42 Å². The number of benzene rings is 1. The highest BCUT2D eigenvalue weighted by Crippen LogP contribution is 2.32. The number of rotatable bonds is 3. The molecule has 0 aliphatic carbocycles. The summed E-state index contributed by atoms with van der Waals surface area (Å²) >= 11 is 1.51. The van der Waals surface area contributed by atoms with Crippen molar-refractivity contribution in [3.8, 4) is 0 Å². The van der Waals surface area contributed by atoms with Crippen molar-refractivity contribution >= 4 is 28.5 Å². The molecule has 3 rings (SSSR count). The Morgan fingerprint density at radius 3 is 2.80 bits per heavy atom. The van der Waals surface area contributed by atoms with Crippen LogP contribution in [0.25, 0.3) is 10.9 Å². The van der Waals surface area contributed by atoms with Gasteiger partial charge in [-0.3, -0.25) is 5.41 Å². The molecule has 100 valence electrons.